The molecule has 1 aliphatic rings. The number of carbonyl (C=O) groups is 1. The number of nitro groups is 1. The molecule has 1 atom stereocenters. The van der Waals surface area contributed by atoms with Gasteiger partial charge in [0.25, 0.3) is 11.6 Å². The largest absolute Gasteiger partial charge is 0.486 e. The third-order valence-corrected chi connectivity index (χ3v) is 4.76. The smallest absolute Gasteiger partial charge is 0.274 e. The van der Waals surface area contributed by atoms with Crippen molar-refractivity contribution < 1.29 is 19.2 Å². The fourth-order valence-electron chi connectivity index (χ4n) is 2.45. The molecular formula is C16H17N3O5S. The molecule has 0 spiro atoms. The normalized spacial score (nSPS) is 14.0. The molecule has 8 nitrogen and oxygen atoms in total. The lowest BCUT2D eigenvalue weighted by Gasteiger charge is -2.21. The van der Waals surface area contributed by atoms with Gasteiger partial charge in [0, 0.05) is 11.4 Å². The molecule has 1 aromatic carbocycles. The molecule has 0 fully saturated rings. The molecule has 132 valence electrons. The van der Waals surface area contributed by atoms with Gasteiger partial charge >= 0.3 is 0 Å². The molecule has 0 saturated carbocycles. The first-order valence-corrected chi connectivity index (χ1v) is 8.70. The lowest BCUT2D eigenvalue weighted by Crippen LogP contribution is -2.28. The predicted octanol–water partition coefficient (Wildman–Crippen LogP) is 2.88. The van der Waals surface area contributed by atoms with Crippen LogP contribution < -0.4 is 14.8 Å². The summed E-state index contributed by atoms with van der Waals surface area (Å²) in [7, 11) is 0. The van der Waals surface area contributed by atoms with E-state index < -0.39 is 10.8 Å². The van der Waals surface area contributed by atoms with Crippen LogP contribution in [0.15, 0.2) is 17.5 Å². The van der Waals surface area contributed by atoms with E-state index in [1.165, 1.54) is 23.5 Å². The third kappa shape index (κ3) is 3.55. The predicted molar refractivity (Wildman–Crippen MR) is 91.5 cm³/mol. The van der Waals surface area contributed by atoms with Crippen LogP contribution in [0, 0.1) is 10.1 Å². The number of hydrogen-bond donors (Lipinski definition) is 1. The number of aryl methyl sites for hydroxylation is 1. The van der Waals surface area contributed by atoms with Gasteiger partial charge in [0.2, 0.25) is 0 Å². The second-order valence-electron chi connectivity index (χ2n) is 5.49. The Hall–Kier alpha value is -2.68. The van der Waals surface area contributed by atoms with Crippen LogP contribution in [0.5, 0.6) is 11.5 Å². The molecule has 1 N–H and O–H groups in total. The van der Waals surface area contributed by atoms with E-state index >= 15 is 0 Å². The van der Waals surface area contributed by atoms with E-state index in [1.807, 2.05) is 19.2 Å². The van der Waals surface area contributed by atoms with Gasteiger partial charge < -0.3 is 14.8 Å². The first kappa shape index (κ1) is 17.2. The summed E-state index contributed by atoms with van der Waals surface area (Å²) >= 11 is 1.53. The number of carbonyl (C=O) groups excluding carboxylic acids is 1. The molecule has 9 heteroatoms. The first-order valence-electron chi connectivity index (χ1n) is 7.82. The molecule has 1 unspecified atom stereocenters. The zero-order valence-electron chi connectivity index (χ0n) is 13.8. The van der Waals surface area contributed by atoms with E-state index in [9.17, 15) is 14.9 Å². The average molecular weight is 363 g/mol. The number of nitrogens with zero attached hydrogens (tertiary/aromatic N) is 2. The summed E-state index contributed by atoms with van der Waals surface area (Å²) in [6.45, 7) is 4.39. The summed E-state index contributed by atoms with van der Waals surface area (Å²) in [4.78, 5) is 27.7. The number of nitro benzene ring substituents is 1. The zero-order valence-corrected chi connectivity index (χ0v) is 14.6. The van der Waals surface area contributed by atoms with Crippen LogP contribution in [0.2, 0.25) is 0 Å². The number of benzene rings is 1. The van der Waals surface area contributed by atoms with Gasteiger partial charge in [0.1, 0.15) is 13.2 Å². The summed E-state index contributed by atoms with van der Waals surface area (Å²) in [6.07, 6.45) is 0.828. The fraction of sp³-hybridized carbons (Fsp3) is 0.375. The molecule has 1 aliphatic heterocycles. The van der Waals surface area contributed by atoms with Crippen LogP contribution in [-0.2, 0) is 6.42 Å². The van der Waals surface area contributed by atoms with Gasteiger partial charge in [0.05, 0.1) is 33.3 Å². The monoisotopic (exact) mass is 363 g/mol. The van der Waals surface area contributed by atoms with Crippen LogP contribution >= 0.6 is 11.3 Å². The summed E-state index contributed by atoms with van der Waals surface area (Å²) < 4.78 is 10.9. The van der Waals surface area contributed by atoms with Crippen molar-refractivity contribution in [2.75, 3.05) is 13.2 Å². The highest BCUT2D eigenvalue weighted by molar-refractivity contribution is 7.09. The molecule has 3 rings (SSSR count). The molecule has 0 radical (unpaired) electrons. The molecule has 0 bridgehead atoms. The molecule has 25 heavy (non-hydrogen) atoms. The van der Waals surface area contributed by atoms with Crippen molar-refractivity contribution in [3.8, 4) is 11.5 Å². The molecule has 0 saturated heterocycles. The van der Waals surface area contributed by atoms with Crippen LogP contribution in [-0.4, -0.2) is 29.0 Å². The number of ether oxygens (including phenoxy) is 2. The Balaban J connectivity index is 1.88. The topological polar surface area (TPSA) is 104 Å². The minimum atomic E-state index is -0.563. The highest BCUT2D eigenvalue weighted by Crippen LogP contribution is 2.38. The number of thiazole rings is 1. The van der Waals surface area contributed by atoms with Gasteiger partial charge in [-0.1, -0.05) is 6.92 Å². The Morgan fingerprint density at radius 2 is 2.20 bits per heavy atom. The zero-order chi connectivity index (χ0) is 18.0. The van der Waals surface area contributed by atoms with Crippen molar-refractivity contribution in [1.82, 2.24) is 10.3 Å². The van der Waals surface area contributed by atoms with E-state index in [2.05, 4.69) is 10.3 Å². The molecule has 2 heterocycles. The van der Waals surface area contributed by atoms with Gasteiger partial charge in [-0.2, -0.15) is 0 Å². The van der Waals surface area contributed by atoms with E-state index in [0.29, 0.717) is 0 Å². The molecule has 0 aliphatic carbocycles. The second-order valence-corrected chi connectivity index (χ2v) is 6.43. The maximum Gasteiger partial charge on any atom is 0.274 e. The van der Waals surface area contributed by atoms with Gasteiger partial charge in [-0.05, 0) is 13.3 Å². The molecule has 2 aromatic rings. The first-order chi connectivity index (χ1) is 12.0. The van der Waals surface area contributed by atoms with E-state index in [0.717, 1.165) is 17.1 Å². The standard InChI is InChI=1S/C16H17N3O5S/c1-3-14-18-12(8-25-14)9(2)17-16(20)11-6-10(19(21)22)7-13-15(11)24-5-4-23-13/h6-9H,3-5H2,1-2H3,(H,17,20). The fourth-order valence-corrected chi connectivity index (χ4v) is 3.29. The maximum atomic E-state index is 12.7. The minimum Gasteiger partial charge on any atom is -0.486 e. The van der Waals surface area contributed by atoms with Gasteiger partial charge in [-0.25, -0.2) is 4.98 Å². The van der Waals surface area contributed by atoms with E-state index in [4.69, 9.17) is 9.47 Å². The number of hydrogen-bond acceptors (Lipinski definition) is 7. The van der Waals surface area contributed by atoms with Crippen molar-refractivity contribution in [3.05, 3.63) is 43.9 Å². The highest BCUT2D eigenvalue weighted by atomic mass is 32.1. The van der Waals surface area contributed by atoms with Crippen LogP contribution in [0.4, 0.5) is 5.69 Å². The second kappa shape index (κ2) is 7.06. The summed E-state index contributed by atoms with van der Waals surface area (Å²) in [6, 6.07) is 2.14. The summed E-state index contributed by atoms with van der Waals surface area (Å²) in [5.41, 5.74) is 0.623. The minimum absolute atomic E-state index is 0.0849. The van der Waals surface area contributed by atoms with Crippen molar-refractivity contribution in [2.24, 2.45) is 0 Å². The summed E-state index contributed by atoms with van der Waals surface area (Å²) in [5.74, 6) is -0.0294. The highest BCUT2D eigenvalue weighted by Gasteiger charge is 2.26. The van der Waals surface area contributed by atoms with Gasteiger partial charge in [-0.15, -0.1) is 11.3 Å². The molecule has 1 aromatic heterocycles. The SMILES string of the molecule is CCc1nc(C(C)NC(=O)c2cc([N+](=O)[O-])cc3c2OCCO3)cs1. The lowest BCUT2D eigenvalue weighted by molar-refractivity contribution is -0.385. The lowest BCUT2D eigenvalue weighted by atomic mass is 10.1. The third-order valence-electron chi connectivity index (χ3n) is 3.75. The van der Waals surface area contributed by atoms with Crippen molar-refractivity contribution in [2.45, 2.75) is 26.3 Å². The number of non-ortho nitro benzene ring substituents is 1. The van der Waals surface area contributed by atoms with Crippen molar-refractivity contribution >= 4 is 22.9 Å². The number of nitrogens with one attached hydrogen (secondary N) is 1. The van der Waals surface area contributed by atoms with E-state index in [-0.39, 0.29) is 42.0 Å². The number of amides is 1. The van der Waals surface area contributed by atoms with Crippen molar-refractivity contribution in [1.29, 1.82) is 0 Å². The Labute approximate surface area is 147 Å². The Bertz CT molecular complexity index is 820. The van der Waals surface area contributed by atoms with Gasteiger partial charge in [0.15, 0.2) is 11.5 Å². The van der Waals surface area contributed by atoms with Gasteiger partial charge in [-0.3, -0.25) is 14.9 Å². The average Bonchev–Trinajstić information content (AvgIpc) is 3.10. The Kier molecular flexibility index (Phi) is 4.84. The maximum absolute atomic E-state index is 12.7. The van der Waals surface area contributed by atoms with Crippen LogP contribution in [0.1, 0.15) is 40.9 Å². The molecular weight excluding hydrogens is 346 g/mol. The van der Waals surface area contributed by atoms with Crippen LogP contribution in [0.25, 0.3) is 0 Å². The van der Waals surface area contributed by atoms with Crippen molar-refractivity contribution in [3.63, 3.8) is 0 Å². The molecule has 1 amide bonds. The number of fused-ring (bicyclic) bond motifs is 1. The number of rotatable bonds is 5. The summed E-state index contributed by atoms with van der Waals surface area (Å²) in [5, 5.41) is 16.8. The number of aromatic nitrogens is 1. The Morgan fingerprint density at radius 3 is 2.88 bits per heavy atom. The van der Waals surface area contributed by atoms with Crippen LogP contribution in [0.3, 0.4) is 0 Å². The van der Waals surface area contributed by atoms with E-state index in [1.54, 1.807) is 0 Å². The quantitative estimate of drug-likeness (QED) is 0.647. The Morgan fingerprint density at radius 1 is 1.44 bits per heavy atom.